The predicted octanol–water partition coefficient (Wildman–Crippen LogP) is 2.26. The van der Waals surface area contributed by atoms with Crippen LogP contribution in [0.1, 0.15) is 19.4 Å². The molecule has 114 valence electrons. The molecule has 0 heterocycles. The highest BCUT2D eigenvalue weighted by molar-refractivity contribution is 7.88. The molecule has 2 N–H and O–H groups in total. The number of sulfonamides is 1. The van der Waals surface area contributed by atoms with Crippen molar-refractivity contribution in [2.24, 2.45) is 0 Å². The summed E-state index contributed by atoms with van der Waals surface area (Å²) in [7, 11) is -3.20. The lowest BCUT2D eigenvalue weighted by Gasteiger charge is -2.25. The summed E-state index contributed by atoms with van der Waals surface area (Å²) in [4.78, 5) is 0. The Bertz CT molecular complexity index is 719. The van der Waals surface area contributed by atoms with E-state index in [4.69, 9.17) is 0 Å². The minimum absolute atomic E-state index is 0.516. The van der Waals surface area contributed by atoms with Gasteiger partial charge in [0.25, 0.3) is 0 Å². The molecular weight excluding hydrogens is 284 g/mol. The molecule has 5 heteroatoms. The zero-order valence-corrected chi connectivity index (χ0v) is 13.5. The van der Waals surface area contributed by atoms with Crippen LogP contribution in [0.2, 0.25) is 0 Å². The predicted molar refractivity (Wildman–Crippen MR) is 87.7 cm³/mol. The number of hydrogen-bond acceptors (Lipinski definition) is 3. The number of fused-ring (bicyclic) bond motifs is 1. The van der Waals surface area contributed by atoms with Gasteiger partial charge >= 0.3 is 0 Å². The number of nitrogens with one attached hydrogen (secondary N) is 2. The molecule has 4 nitrogen and oxygen atoms in total. The van der Waals surface area contributed by atoms with Crippen LogP contribution in [0.25, 0.3) is 10.8 Å². The Hall–Kier alpha value is -1.43. The molecule has 0 spiro atoms. The van der Waals surface area contributed by atoms with Crippen LogP contribution in [0.5, 0.6) is 0 Å². The monoisotopic (exact) mass is 306 g/mol. The van der Waals surface area contributed by atoms with Gasteiger partial charge in [0.1, 0.15) is 0 Å². The van der Waals surface area contributed by atoms with Gasteiger partial charge in [-0.3, -0.25) is 0 Å². The van der Waals surface area contributed by atoms with Gasteiger partial charge in [0.05, 0.1) is 6.26 Å². The van der Waals surface area contributed by atoms with Gasteiger partial charge in [0, 0.05) is 18.6 Å². The first-order valence-corrected chi connectivity index (χ1v) is 8.82. The number of hydrogen-bond donors (Lipinski definition) is 2. The fourth-order valence-corrected chi connectivity index (χ4v) is 3.57. The molecule has 0 saturated heterocycles. The molecule has 0 aromatic heterocycles. The third kappa shape index (κ3) is 4.81. The zero-order chi connectivity index (χ0) is 15.5. The summed E-state index contributed by atoms with van der Waals surface area (Å²) in [5, 5.41) is 5.77. The lowest BCUT2D eigenvalue weighted by Crippen LogP contribution is -2.49. The summed E-state index contributed by atoms with van der Waals surface area (Å²) in [5.74, 6) is 0. The van der Waals surface area contributed by atoms with Crippen LogP contribution in [0.3, 0.4) is 0 Å². The first-order valence-electron chi connectivity index (χ1n) is 6.93. The fourth-order valence-electron chi connectivity index (χ4n) is 2.49. The second kappa shape index (κ2) is 6.13. The normalized spacial score (nSPS) is 12.7. The van der Waals surface area contributed by atoms with Gasteiger partial charge in [-0.15, -0.1) is 0 Å². The molecule has 0 bridgehead atoms. The zero-order valence-electron chi connectivity index (χ0n) is 12.7. The molecule has 2 rings (SSSR count). The lowest BCUT2D eigenvalue weighted by atomic mass is 10.0. The first-order chi connectivity index (χ1) is 9.77. The quantitative estimate of drug-likeness (QED) is 0.860. The summed E-state index contributed by atoms with van der Waals surface area (Å²) < 4.78 is 25.3. The molecule has 0 atom stereocenters. The lowest BCUT2D eigenvalue weighted by molar-refractivity contribution is 0.421. The Labute approximate surface area is 126 Å². The molecular formula is C16H22N2O2S. The van der Waals surface area contributed by atoms with E-state index in [1.54, 1.807) is 0 Å². The summed E-state index contributed by atoms with van der Waals surface area (Å²) >= 11 is 0. The van der Waals surface area contributed by atoms with Crippen molar-refractivity contribution >= 4 is 20.8 Å². The second-order valence-corrected chi connectivity index (χ2v) is 7.75. The van der Waals surface area contributed by atoms with E-state index in [2.05, 4.69) is 34.3 Å². The van der Waals surface area contributed by atoms with Crippen molar-refractivity contribution in [3.05, 3.63) is 48.0 Å². The van der Waals surface area contributed by atoms with E-state index in [0.717, 1.165) is 0 Å². The summed E-state index contributed by atoms with van der Waals surface area (Å²) in [6.07, 6.45) is 1.18. The van der Waals surface area contributed by atoms with Crippen molar-refractivity contribution < 1.29 is 8.42 Å². The van der Waals surface area contributed by atoms with Crippen LogP contribution in [0.4, 0.5) is 0 Å². The maximum Gasteiger partial charge on any atom is 0.209 e. The van der Waals surface area contributed by atoms with Crippen molar-refractivity contribution in [3.63, 3.8) is 0 Å². The van der Waals surface area contributed by atoms with Crippen LogP contribution in [0.15, 0.2) is 42.5 Å². The number of benzene rings is 2. The molecule has 0 amide bonds. The molecule has 2 aromatic rings. The van der Waals surface area contributed by atoms with Crippen molar-refractivity contribution in [3.8, 4) is 0 Å². The third-order valence-electron chi connectivity index (χ3n) is 3.22. The second-order valence-electron chi connectivity index (χ2n) is 6.00. The van der Waals surface area contributed by atoms with Gasteiger partial charge in [0.2, 0.25) is 10.0 Å². The molecule has 0 aliphatic heterocycles. The summed E-state index contributed by atoms with van der Waals surface area (Å²) in [5.41, 5.74) is 0.696. The van der Waals surface area contributed by atoms with Gasteiger partial charge in [-0.2, -0.15) is 0 Å². The average molecular weight is 306 g/mol. The molecule has 0 fully saturated rings. The molecule has 0 unspecified atom stereocenters. The van der Waals surface area contributed by atoms with Crippen LogP contribution >= 0.6 is 0 Å². The van der Waals surface area contributed by atoms with Crippen molar-refractivity contribution in [2.75, 3.05) is 12.8 Å². The highest BCUT2D eigenvalue weighted by atomic mass is 32.2. The average Bonchev–Trinajstić information content (AvgIpc) is 2.36. The van der Waals surface area contributed by atoms with Crippen molar-refractivity contribution in [2.45, 2.75) is 25.9 Å². The minimum Gasteiger partial charge on any atom is -0.311 e. The van der Waals surface area contributed by atoms with Crippen LogP contribution in [-0.2, 0) is 16.6 Å². The Morgan fingerprint density at radius 1 is 1.05 bits per heavy atom. The molecule has 0 aliphatic carbocycles. The van der Waals surface area contributed by atoms with Gasteiger partial charge in [-0.05, 0) is 30.2 Å². The largest absolute Gasteiger partial charge is 0.311 e. The van der Waals surface area contributed by atoms with Crippen molar-refractivity contribution in [1.29, 1.82) is 0 Å². The van der Waals surface area contributed by atoms with Gasteiger partial charge in [-0.1, -0.05) is 42.5 Å². The molecule has 0 saturated carbocycles. The molecule has 0 aliphatic rings. The fraction of sp³-hybridized carbons (Fsp3) is 0.375. The molecule has 21 heavy (non-hydrogen) atoms. The van der Waals surface area contributed by atoms with Gasteiger partial charge in [-0.25, -0.2) is 13.1 Å². The van der Waals surface area contributed by atoms with E-state index in [0.29, 0.717) is 13.1 Å². The van der Waals surface area contributed by atoms with E-state index in [1.165, 1.54) is 22.6 Å². The van der Waals surface area contributed by atoms with E-state index in [-0.39, 0.29) is 0 Å². The minimum atomic E-state index is -3.20. The van der Waals surface area contributed by atoms with Crippen molar-refractivity contribution in [1.82, 2.24) is 10.0 Å². The van der Waals surface area contributed by atoms with Crippen LogP contribution in [-0.4, -0.2) is 26.8 Å². The number of rotatable bonds is 6. The van der Waals surface area contributed by atoms with E-state index in [1.807, 2.05) is 32.0 Å². The topological polar surface area (TPSA) is 58.2 Å². The van der Waals surface area contributed by atoms with E-state index < -0.39 is 15.6 Å². The smallest absolute Gasteiger partial charge is 0.209 e. The highest BCUT2D eigenvalue weighted by Gasteiger charge is 2.21. The summed E-state index contributed by atoms with van der Waals surface area (Å²) in [6.45, 7) is 4.99. The summed E-state index contributed by atoms with van der Waals surface area (Å²) in [6, 6.07) is 14.5. The Kier molecular flexibility index (Phi) is 4.66. The Balaban J connectivity index is 2.03. The van der Waals surface area contributed by atoms with Crippen LogP contribution < -0.4 is 10.0 Å². The molecule has 0 radical (unpaired) electrons. The maximum atomic E-state index is 11.3. The Morgan fingerprint density at radius 2 is 1.71 bits per heavy atom. The Morgan fingerprint density at radius 3 is 2.43 bits per heavy atom. The van der Waals surface area contributed by atoms with E-state index in [9.17, 15) is 8.42 Å². The van der Waals surface area contributed by atoms with Gasteiger partial charge in [0.15, 0.2) is 0 Å². The van der Waals surface area contributed by atoms with Gasteiger partial charge < -0.3 is 5.32 Å². The van der Waals surface area contributed by atoms with E-state index >= 15 is 0 Å². The first kappa shape index (κ1) is 15.9. The van der Waals surface area contributed by atoms with Crippen LogP contribution in [0, 0.1) is 0 Å². The maximum absolute atomic E-state index is 11.3. The standard InChI is InChI=1S/C16H22N2O2S/c1-16(2,18-21(3,19)20)12-17-11-14-9-6-8-13-7-4-5-10-15(13)14/h4-10,17-18H,11-12H2,1-3H3. The molecule has 2 aromatic carbocycles. The third-order valence-corrected chi connectivity index (χ3v) is 4.15. The SMILES string of the molecule is CC(C)(CNCc1cccc2ccccc12)NS(C)(=O)=O. The highest BCUT2D eigenvalue weighted by Crippen LogP contribution is 2.18.